The minimum Gasteiger partial charge on any atom is -0.494 e. The van der Waals surface area contributed by atoms with E-state index in [1.165, 1.54) is 10.7 Å². The number of aromatic hydroxyl groups is 1. The van der Waals surface area contributed by atoms with Crippen LogP contribution < -0.4 is 16.4 Å². The molecule has 8 nitrogen and oxygen atoms in total. The van der Waals surface area contributed by atoms with Crippen LogP contribution in [-0.4, -0.2) is 32.3 Å². The van der Waals surface area contributed by atoms with Crippen molar-refractivity contribution in [3.63, 3.8) is 0 Å². The van der Waals surface area contributed by atoms with Gasteiger partial charge in [-0.2, -0.15) is 5.10 Å². The maximum absolute atomic E-state index is 12.0. The van der Waals surface area contributed by atoms with Crippen LogP contribution in [0.4, 0.5) is 0 Å². The third-order valence-electron chi connectivity index (χ3n) is 3.98. The Hall–Kier alpha value is -2.90. The van der Waals surface area contributed by atoms with Gasteiger partial charge in [0.05, 0.1) is 17.8 Å². The van der Waals surface area contributed by atoms with Crippen molar-refractivity contribution in [2.45, 2.75) is 32.2 Å². The van der Waals surface area contributed by atoms with E-state index in [-0.39, 0.29) is 30.1 Å². The van der Waals surface area contributed by atoms with Gasteiger partial charge in [-0.1, -0.05) is 0 Å². The number of hydrogen-bond donors (Lipinski definition) is 3. The molecule has 0 spiro atoms. The standard InChI is InChI=1S/C16H18N4O4/c21-13-7-11(8-14(22)18-13)16(24)17-5-6-20-15(23)9-10-3-1-2-4-12(10)19-20/h7-9H,1-6H2,(H,17,24)(H2,18,21,22). The molecule has 2 aromatic rings. The normalized spacial score (nSPS) is 13.3. The summed E-state index contributed by atoms with van der Waals surface area (Å²) in [6.07, 6.45) is 3.91. The summed E-state index contributed by atoms with van der Waals surface area (Å²) in [5.41, 5.74) is 1.28. The van der Waals surface area contributed by atoms with E-state index >= 15 is 0 Å². The molecule has 0 saturated heterocycles. The molecule has 0 radical (unpaired) electrons. The second kappa shape index (κ2) is 6.69. The van der Waals surface area contributed by atoms with Crippen LogP contribution in [0.5, 0.6) is 5.88 Å². The molecule has 0 bridgehead atoms. The fourth-order valence-corrected chi connectivity index (χ4v) is 2.80. The maximum atomic E-state index is 12.0. The van der Waals surface area contributed by atoms with Gasteiger partial charge < -0.3 is 10.4 Å². The number of carbonyl (C=O) groups excluding carboxylic acids is 1. The lowest BCUT2D eigenvalue weighted by atomic mass is 9.97. The lowest BCUT2D eigenvalue weighted by Crippen LogP contribution is -2.33. The van der Waals surface area contributed by atoms with Crippen LogP contribution in [0.15, 0.2) is 27.8 Å². The van der Waals surface area contributed by atoms with E-state index < -0.39 is 11.5 Å². The van der Waals surface area contributed by atoms with Crippen molar-refractivity contribution in [1.29, 1.82) is 0 Å². The number of carbonyl (C=O) groups is 1. The molecule has 1 aliphatic rings. The largest absolute Gasteiger partial charge is 0.494 e. The van der Waals surface area contributed by atoms with Crippen molar-refractivity contribution in [2.75, 3.05) is 6.54 Å². The minimum atomic E-state index is -0.562. The molecule has 126 valence electrons. The van der Waals surface area contributed by atoms with Gasteiger partial charge in [0.25, 0.3) is 17.0 Å². The van der Waals surface area contributed by atoms with Gasteiger partial charge in [-0.05, 0) is 31.2 Å². The summed E-state index contributed by atoms with van der Waals surface area (Å²) in [6, 6.07) is 3.89. The molecular formula is C16H18N4O4. The highest BCUT2D eigenvalue weighted by molar-refractivity contribution is 5.94. The quantitative estimate of drug-likeness (QED) is 0.726. The van der Waals surface area contributed by atoms with Gasteiger partial charge in [0.1, 0.15) is 0 Å². The Morgan fingerprint density at radius 2 is 2.04 bits per heavy atom. The number of aromatic nitrogens is 3. The molecule has 0 saturated carbocycles. The maximum Gasteiger partial charge on any atom is 0.267 e. The summed E-state index contributed by atoms with van der Waals surface area (Å²) in [4.78, 5) is 37.4. The first kappa shape index (κ1) is 16.0. The number of fused-ring (bicyclic) bond motifs is 1. The number of amides is 1. The Morgan fingerprint density at radius 1 is 1.25 bits per heavy atom. The first-order valence-electron chi connectivity index (χ1n) is 7.84. The molecular weight excluding hydrogens is 312 g/mol. The van der Waals surface area contributed by atoms with Crippen LogP contribution in [0, 0.1) is 0 Å². The van der Waals surface area contributed by atoms with Crippen molar-refractivity contribution >= 4 is 5.91 Å². The van der Waals surface area contributed by atoms with Crippen LogP contribution in [0.25, 0.3) is 0 Å². The van der Waals surface area contributed by atoms with E-state index in [1.807, 2.05) is 0 Å². The van der Waals surface area contributed by atoms with Crippen LogP contribution in [0.1, 0.15) is 34.5 Å². The number of pyridine rings is 1. The third kappa shape index (κ3) is 3.53. The number of aryl methyl sites for hydroxylation is 2. The van der Waals surface area contributed by atoms with Crippen molar-refractivity contribution in [2.24, 2.45) is 0 Å². The number of hydrogen-bond acceptors (Lipinski definition) is 5. The molecule has 0 fully saturated rings. The van der Waals surface area contributed by atoms with E-state index in [2.05, 4.69) is 15.4 Å². The van der Waals surface area contributed by atoms with E-state index in [0.29, 0.717) is 0 Å². The van der Waals surface area contributed by atoms with Crippen LogP contribution >= 0.6 is 0 Å². The summed E-state index contributed by atoms with van der Waals surface area (Å²) in [5, 5.41) is 16.3. The highest BCUT2D eigenvalue weighted by Crippen LogP contribution is 2.16. The molecule has 24 heavy (non-hydrogen) atoms. The molecule has 2 aromatic heterocycles. The Morgan fingerprint density at radius 3 is 2.83 bits per heavy atom. The Bertz CT molecular complexity index is 884. The monoisotopic (exact) mass is 330 g/mol. The Labute approximate surface area is 137 Å². The number of rotatable bonds is 4. The Balaban J connectivity index is 1.65. The molecule has 0 atom stereocenters. The zero-order valence-electron chi connectivity index (χ0n) is 13.0. The molecule has 2 heterocycles. The molecule has 8 heteroatoms. The van der Waals surface area contributed by atoms with Gasteiger partial charge in [0.2, 0.25) is 0 Å². The summed E-state index contributed by atoms with van der Waals surface area (Å²) >= 11 is 0. The minimum absolute atomic E-state index is 0.0574. The predicted molar refractivity (Wildman–Crippen MR) is 86.2 cm³/mol. The fourth-order valence-electron chi connectivity index (χ4n) is 2.80. The molecule has 1 amide bonds. The lowest BCUT2D eigenvalue weighted by molar-refractivity contribution is 0.0951. The second-order valence-corrected chi connectivity index (χ2v) is 5.76. The molecule has 3 rings (SSSR count). The number of nitrogens with one attached hydrogen (secondary N) is 2. The summed E-state index contributed by atoms with van der Waals surface area (Å²) in [5.74, 6) is -0.873. The third-order valence-corrected chi connectivity index (χ3v) is 3.98. The van der Waals surface area contributed by atoms with Gasteiger partial charge in [0.15, 0.2) is 5.88 Å². The van der Waals surface area contributed by atoms with E-state index in [1.54, 1.807) is 6.07 Å². The molecule has 0 unspecified atom stereocenters. The highest BCUT2D eigenvalue weighted by atomic mass is 16.3. The van der Waals surface area contributed by atoms with Crippen molar-refractivity contribution in [1.82, 2.24) is 20.1 Å². The van der Waals surface area contributed by atoms with Gasteiger partial charge >= 0.3 is 0 Å². The van der Waals surface area contributed by atoms with Crippen molar-refractivity contribution in [3.8, 4) is 5.88 Å². The average molecular weight is 330 g/mol. The molecule has 0 aliphatic heterocycles. The summed E-state index contributed by atoms with van der Waals surface area (Å²) in [7, 11) is 0. The van der Waals surface area contributed by atoms with Gasteiger partial charge in [-0.25, -0.2) is 4.68 Å². The zero-order chi connectivity index (χ0) is 17.1. The number of nitrogens with zero attached hydrogens (tertiary/aromatic N) is 2. The van der Waals surface area contributed by atoms with Crippen LogP contribution in [0.2, 0.25) is 0 Å². The van der Waals surface area contributed by atoms with E-state index in [9.17, 15) is 19.5 Å². The van der Waals surface area contributed by atoms with Crippen LogP contribution in [-0.2, 0) is 19.4 Å². The first-order valence-corrected chi connectivity index (χ1v) is 7.84. The van der Waals surface area contributed by atoms with Crippen molar-refractivity contribution in [3.05, 3.63) is 55.7 Å². The van der Waals surface area contributed by atoms with E-state index in [0.717, 1.165) is 43.0 Å². The van der Waals surface area contributed by atoms with Gasteiger partial charge in [-0.3, -0.25) is 19.4 Å². The second-order valence-electron chi connectivity index (χ2n) is 5.76. The average Bonchev–Trinajstić information content (AvgIpc) is 2.54. The lowest BCUT2D eigenvalue weighted by Gasteiger charge is -2.16. The van der Waals surface area contributed by atoms with Crippen molar-refractivity contribution < 1.29 is 9.90 Å². The summed E-state index contributed by atoms with van der Waals surface area (Å²) in [6.45, 7) is 0.436. The predicted octanol–water partition coefficient (Wildman–Crippen LogP) is -0.0540. The molecule has 1 aliphatic carbocycles. The smallest absolute Gasteiger partial charge is 0.267 e. The van der Waals surface area contributed by atoms with Gasteiger partial charge in [0, 0.05) is 24.7 Å². The Kier molecular flexibility index (Phi) is 4.45. The fraction of sp³-hybridized carbons (Fsp3) is 0.375. The number of H-pyrrole nitrogens is 1. The SMILES string of the molecule is O=C(NCCn1nc2c(cc1=O)CCCC2)c1cc(O)[nH]c(=O)c1. The first-order chi connectivity index (χ1) is 11.5. The highest BCUT2D eigenvalue weighted by Gasteiger charge is 2.13. The molecule has 3 N–H and O–H groups in total. The van der Waals surface area contributed by atoms with E-state index in [4.69, 9.17) is 0 Å². The van der Waals surface area contributed by atoms with Crippen LogP contribution in [0.3, 0.4) is 0 Å². The zero-order valence-corrected chi connectivity index (χ0v) is 13.0. The topological polar surface area (TPSA) is 117 Å². The number of aromatic amines is 1. The van der Waals surface area contributed by atoms with Gasteiger partial charge in [-0.15, -0.1) is 0 Å². The summed E-state index contributed by atoms with van der Waals surface area (Å²) < 4.78 is 1.35. The molecule has 0 aromatic carbocycles.